The normalized spacial score (nSPS) is 13.9. The summed E-state index contributed by atoms with van der Waals surface area (Å²) in [7, 11) is 1.78. The van der Waals surface area contributed by atoms with Crippen molar-refractivity contribution in [1.82, 2.24) is 14.5 Å². The molecular weight excluding hydrogens is 370 g/mol. The molecule has 0 atom stereocenters. The summed E-state index contributed by atoms with van der Waals surface area (Å²) in [6.45, 7) is 5.78. The van der Waals surface area contributed by atoms with Crippen molar-refractivity contribution in [3.05, 3.63) is 57.0 Å². The third-order valence-electron chi connectivity index (χ3n) is 5.24. The van der Waals surface area contributed by atoms with Crippen LogP contribution in [0.25, 0.3) is 0 Å². The average Bonchev–Trinajstić information content (AvgIpc) is 3.21. The summed E-state index contributed by atoms with van der Waals surface area (Å²) in [4.78, 5) is 31.6. The molecule has 6 heteroatoms. The van der Waals surface area contributed by atoms with Crippen LogP contribution in [0.1, 0.15) is 48.1 Å². The maximum Gasteiger partial charge on any atom is 0.257 e. The molecule has 0 N–H and O–H groups in total. The number of amides is 1. The highest BCUT2D eigenvalue weighted by Gasteiger charge is 2.17. The lowest BCUT2D eigenvalue weighted by Gasteiger charge is -2.15. The fourth-order valence-electron chi connectivity index (χ4n) is 3.60. The highest BCUT2D eigenvalue weighted by Crippen LogP contribution is 2.19. The summed E-state index contributed by atoms with van der Waals surface area (Å²) in [5, 5.41) is 0.726. The number of hydrogen-bond donors (Lipinski definition) is 0. The number of aryl methyl sites for hydroxylation is 2. The van der Waals surface area contributed by atoms with E-state index in [9.17, 15) is 9.59 Å². The summed E-state index contributed by atoms with van der Waals surface area (Å²) in [6, 6.07) is 8.23. The minimum absolute atomic E-state index is 0.0182. The summed E-state index contributed by atoms with van der Waals surface area (Å²) in [5.41, 5.74) is 3.88. The molecule has 2 aromatic rings. The van der Waals surface area contributed by atoms with Crippen molar-refractivity contribution in [3.8, 4) is 0 Å². The lowest BCUT2D eigenvalue weighted by molar-refractivity contribution is -0.130. The summed E-state index contributed by atoms with van der Waals surface area (Å²) in [5.74, 6) is 1.04. The molecule has 0 saturated carbocycles. The summed E-state index contributed by atoms with van der Waals surface area (Å²) in [6.07, 6.45) is 4.23. The van der Waals surface area contributed by atoms with Gasteiger partial charge in [0, 0.05) is 50.0 Å². The first kappa shape index (κ1) is 20.6. The van der Waals surface area contributed by atoms with Crippen LogP contribution >= 0.6 is 11.8 Å². The van der Waals surface area contributed by atoms with Gasteiger partial charge in [-0.3, -0.25) is 14.2 Å². The van der Waals surface area contributed by atoms with Gasteiger partial charge in [0.2, 0.25) is 5.91 Å². The second-order valence-corrected chi connectivity index (χ2v) is 8.59. The molecule has 1 aromatic carbocycles. The molecule has 2 heterocycles. The van der Waals surface area contributed by atoms with Gasteiger partial charge in [0.25, 0.3) is 5.56 Å². The molecule has 0 radical (unpaired) electrons. The van der Waals surface area contributed by atoms with Crippen molar-refractivity contribution in [3.63, 3.8) is 0 Å². The molecule has 0 unspecified atom stereocenters. The maximum atomic E-state index is 12.9. The van der Waals surface area contributed by atoms with Crippen LogP contribution in [0, 0.1) is 13.8 Å². The molecule has 3 rings (SSSR count). The van der Waals surface area contributed by atoms with E-state index < -0.39 is 0 Å². The molecule has 5 nitrogen and oxygen atoms in total. The van der Waals surface area contributed by atoms with Crippen molar-refractivity contribution < 1.29 is 4.79 Å². The van der Waals surface area contributed by atoms with E-state index in [-0.39, 0.29) is 11.5 Å². The fourth-order valence-corrected chi connectivity index (χ4v) is 4.55. The van der Waals surface area contributed by atoms with E-state index in [0.29, 0.717) is 12.8 Å². The van der Waals surface area contributed by atoms with Crippen LogP contribution in [-0.2, 0) is 18.3 Å². The Morgan fingerprint density at radius 2 is 1.96 bits per heavy atom. The molecule has 0 aliphatic carbocycles. The zero-order chi connectivity index (χ0) is 20.1. The SMILES string of the molecule is Cc1cccc(Cc2c(C)nc(SCCCC(=O)N3CCCC3)n(C)c2=O)c1. The first-order chi connectivity index (χ1) is 13.5. The molecule has 1 aromatic heterocycles. The van der Waals surface area contributed by atoms with Crippen molar-refractivity contribution in [2.75, 3.05) is 18.8 Å². The molecule has 28 heavy (non-hydrogen) atoms. The third kappa shape index (κ3) is 5.04. The van der Waals surface area contributed by atoms with Crippen LogP contribution < -0.4 is 5.56 Å². The van der Waals surface area contributed by atoms with Crippen molar-refractivity contribution in [1.29, 1.82) is 0 Å². The molecule has 1 amide bonds. The second kappa shape index (κ2) is 9.41. The van der Waals surface area contributed by atoms with Gasteiger partial charge in [0.1, 0.15) is 0 Å². The number of thioether (sulfide) groups is 1. The number of likely N-dealkylation sites (tertiary alicyclic amines) is 1. The first-order valence-corrected chi connectivity index (χ1v) is 11.0. The van der Waals surface area contributed by atoms with E-state index in [4.69, 9.17) is 0 Å². The van der Waals surface area contributed by atoms with Gasteiger partial charge in [-0.2, -0.15) is 0 Å². The number of carbonyl (C=O) groups excluding carboxylic acids is 1. The van der Waals surface area contributed by atoms with Crippen LogP contribution in [0.5, 0.6) is 0 Å². The van der Waals surface area contributed by atoms with E-state index in [0.717, 1.165) is 60.1 Å². The topological polar surface area (TPSA) is 55.2 Å². The first-order valence-electron chi connectivity index (χ1n) is 9.98. The van der Waals surface area contributed by atoms with E-state index in [2.05, 4.69) is 24.0 Å². The van der Waals surface area contributed by atoms with Gasteiger partial charge >= 0.3 is 0 Å². The van der Waals surface area contributed by atoms with Crippen molar-refractivity contribution >= 4 is 17.7 Å². The van der Waals surface area contributed by atoms with E-state index in [1.54, 1.807) is 23.4 Å². The van der Waals surface area contributed by atoms with Crippen LogP contribution in [0.3, 0.4) is 0 Å². The number of hydrogen-bond acceptors (Lipinski definition) is 4. The van der Waals surface area contributed by atoms with E-state index >= 15 is 0 Å². The van der Waals surface area contributed by atoms with Crippen LogP contribution in [0.2, 0.25) is 0 Å². The van der Waals surface area contributed by atoms with Crippen molar-refractivity contribution in [2.24, 2.45) is 7.05 Å². The maximum absolute atomic E-state index is 12.9. The Kier molecular flexibility index (Phi) is 6.94. The van der Waals surface area contributed by atoms with Gasteiger partial charge in [-0.25, -0.2) is 4.98 Å². The lowest BCUT2D eigenvalue weighted by Crippen LogP contribution is -2.27. The van der Waals surface area contributed by atoms with E-state index in [1.165, 1.54) is 5.56 Å². The van der Waals surface area contributed by atoms with Crippen LogP contribution in [-0.4, -0.2) is 39.2 Å². The Hall–Kier alpha value is -2.08. The summed E-state index contributed by atoms with van der Waals surface area (Å²) >= 11 is 1.56. The minimum Gasteiger partial charge on any atom is -0.343 e. The predicted octanol–water partition coefficient (Wildman–Crippen LogP) is 3.48. The molecule has 0 spiro atoms. The zero-order valence-corrected chi connectivity index (χ0v) is 17.8. The Morgan fingerprint density at radius 3 is 2.68 bits per heavy atom. The van der Waals surface area contributed by atoms with E-state index in [1.807, 2.05) is 24.0 Å². The van der Waals surface area contributed by atoms with Crippen LogP contribution in [0.4, 0.5) is 0 Å². The van der Waals surface area contributed by atoms with Gasteiger partial charge in [0.05, 0.1) is 0 Å². The standard InChI is InChI=1S/C22H29N3O2S/c1-16-8-6-9-18(14-16)15-19-17(2)23-22(24(3)21(19)27)28-13-7-10-20(26)25-11-4-5-12-25/h6,8-9,14H,4-5,7,10-13,15H2,1-3H3. The van der Waals surface area contributed by atoms with Gasteiger partial charge in [-0.15, -0.1) is 0 Å². The Bertz CT molecular complexity index is 901. The molecular formula is C22H29N3O2S. The number of carbonyl (C=O) groups is 1. The average molecular weight is 400 g/mol. The minimum atomic E-state index is 0.0182. The summed E-state index contributed by atoms with van der Waals surface area (Å²) < 4.78 is 1.64. The number of nitrogens with zero attached hydrogens (tertiary/aromatic N) is 3. The zero-order valence-electron chi connectivity index (χ0n) is 17.0. The molecule has 1 aliphatic heterocycles. The molecule has 150 valence electrons. The third-order valence-corrected chi connectivity index (χ3v) is 6.35. The Morgan fingerprint density at radius 1 is 1.21 bits per heavy atom. The predicted molar refractivity (Wildman–Crippen MR) is 114 cm³/mol. The number of aromatic nitrogens is 2. The highest BCUT2D eigenvalue weighted by molar-refractivity contribution is 7.99. The molecule has 1 aliphatic rings. The van der Waals surface area contributed by atoms with Crippen LogP contribution in [0.15, 0.2) is 34.2 Å². The number of rotatable bonds is 7. The van der Waals surface area contributed by atoms with Gasteiger partial charge in [-0.1, -0.05) is 41.6 Å². The fraction of sp³-hybridized carbons (Fsp3) is 0.500. The highest BCUT2D eigenvalue weighted by atomic mass is 32.2. The molecule has 0 bridgehead atoms. The molecule has 1 fully saturated rings. The smallest absolute Gasteiger partial charge is 0.257 e. The lowest BCUT2D eigenvalue weighted by atomic mass is 10.0. The monoisotopic (exact) mass is 399 g/mol. The van der Waals surface area contributed by atoms with Gasteiger partial charge in [0.15, 0.2) is 5.16 Å². The second-order valence-electron chi connectivity index (χ2n) is 7.53. The van der Waals surface area contributed by atoms with Gasteiger partial charge in [-0.05, 0) is 38.7 Å². The Balaban J connectivity index is 1.61. The molecule has 1 saturated heterocycles. The van der Waals surface area contributed by atoms with Crippen molar-refractivity contribution in [2.45, 2.75) is 51.1 Å². The largest absolute Gasteiger partial charge is 0.343 e. The Labute approximate surface area is 171 Å². The quantitative estimate of drug-likeness (QED) is 0.406. The number of benzene rings is 1. The van der Waals surface area contributed by atoms with Gasteiger partial charge < -0.3 is 4.90 Å².